The van der Waals surface area contributed by atoms with Crippen molar-refractivity contribution in [3.8, 4) is 11.6 Å². The van der Waals surface area contributed by atoms with Gasteiger partial charge in [0.25, 0.3) is 6.47 Å². The van der Waals surface area contributed by atoms with E-state index in [0.717, 1.165) is 73.5 Å². The van der Waals surface area contributed by atoms with Gasteiger partial charge < -0.3 is 18.8 Å². The summed E-state index contributed by atoms with van der Waals surface area (Å²) >= 11 is 0. The normalized spacial score (nSPS) is 18.5. The van der Waals surface area contributed by atoms with Crippen LogP contribution in [0.25, 0.3) is 16.6 Å². The van der Waals surface area contributed by atoms with E-state index in [1.54, 1.807) is 24.3 Å². The molecule has 2 fully saturated rings. The number of rotatable bonds is 12. The molecule has 9 nitrogen and oxygen atoms in total. The molecule has 4 heterocycles. The Morgan fingerprint density at radius 1 is 1.09 bits per heavy atom. The van der Waals surface area contributed by atoms with Crippen molar-refractivity contribution in [2.45, 2.75) is 51.5 Å². The number of imidazole rings is 1. The van der Waals surface area contributed by atoms with E-state index >= 15 is 0 Å². The molecule has 3 aliphatic rings. The molecule has 0 radical (unpaired) electrons. The highest BCUT2D eigenvalue weighted by Gasteiger charge is 2.30. The number of carbonyl (C=O) groups excluding carboxylic acids is 2. The quantitative estimate of drug-likeness (QED) is 0.160. The number of nitrogens with zero attached hydrogens (tertiary/aromatic N) is 4. The van der Waals surface area contributed by atoms with Crippen LogP contribution in [0.5, 0.6) is 11.6 Å². The highest BCUT2D eigenvalue weighted by atomic mass is 19.1. The van der Waals surface area contributed by atoms with Crippen LogP contribution in [0.1, 0.15) is 53.1 Å². The van der Waals surface area contributed by atoms with Crippen LogP contribution in [0.4, 0.5) is 4.39 Å². The number of carbonyl (C=O) groups is 2. The largest absolute Gasteiger partial charge is 0.473 e. The lowest BCUT2D eigenvalue weighted by Gasteiger charge is -2.29. The summed E-state index contributed by atoms with van der Waals surface area (Å²) < 4.78 is 33.5. The third-order valence-corrected chi connectivity index (χ3v) is 8.53. The molecule has 44 heavy (non-hydrogen) atoms. The van der Waals surface area contributed by atoms with Crippen molar-refractivity contribution in [3.63, 3.8) is 0 Å². The van der Waals surface area contributed by atoms with Gasteiger partial charge in [-0.2, -0.15) is 0 Å². The lowest BCUT2D eigenvalue weighted by atomic mass is 10.0. The molecule has 1 atom stereocenters. The highest BCUT2D eigenvalue weighted by Crippen LogP contribution is 2.33. The second-order valence-corrected chi connectivity index (χ2v) is 11.6. The van der Waals surface area contributed by atoms with Gasteiger partial charge in [0, 0.05) is 48.9 Å². The first kappa shape index (κ1) is 28.4. The molecular weight excluding hydrogens is 563 g/mol. The minimum Gasteiger partial charge on any atom is -0.473 e. The van der Waals surface area contributed by atoms with Crippen molar-refractivity contribution >= 4 is 28.9 Å². The average Bonchev–Trinajstić information content (AvgIpc) is 3.82. The van der Waals surface area contributed by atoms with Gasteiger partial charge in [-0.25, -0.2) is 14.4 Å². The Balaban J connectivity index is 1.01. The van der Waals surface area contributed by atoms with E-state index < -0.39 is 5.82 Å². The van der Waals surface area contributed by atoms with Crippen molar-refractivity contribution in [2.24, 2.45) is 5.92 Å². The van der Waals surface area contributed by atoms with Crippen LogP contribution in [0.15, 0.2) is 60.7 Å². The molecule has 1 saturated carbocycles. The van der Waals surface area contributed by atoms with Gasteiger partial charge >= 0.3 is 0 Å². The molecule has 7 rings (SSSR count). The van der Waals surface area contributed by atoms with Crippen molar-refractivity contribution in [3.05, 3.63) is 89.1 Å². The number of benzene rings is 2. The number of ether oxygens (including phenoxy) is 3. The number of Topliss-reactive ketones (excluding diaryl/α,β-unsaturated/α-hetero) is 1. The fraction of sp³-hybridized carbons (Fsp3) is 0.353. The van der Waals surface area contributed by atoms with Crippen LogP contribution in [0, 0.1) is 11.7 Å². The molecule has 0 bridgehead atoms. The molecule has 4 aromatic rings. The van der Waals surface area contributed by atoms with E-state index in [4.69, 9.17) is 19.2 Å². The van der Waals surface area contributed by atoms with E-state index in [2.05, 4.69) is 20.5 Å². The zero-order chi connectivity index (χ0) is 30.0. The van der Waals surface area contributed by atoms with Crippen molar-refractivity contribution < 1.29 is 28.2 Å². The molecule has 2 aromatic heterocycles. The zero-order valence-electron chi connectivity index (χ0n) is 24.3. The van der Waals surface area contributed by atoms with E-state index in [9.17, 15) is 14.0 Å². The Labute approximate surface area is 254 Å². The number of aromatic nitrogens is 3. The van der Waals surface area contributed by atoms with Crippen LogP contribution in [0.3, 0.4) is 0 Å². The van der Waals surface area contributed by atoms with Crippen molar-refractivity contribution in [1.82, 2.24) is 19.4 Å². The minimum atomic E-state index is -0.439. The lowest BCUT2D eigenvalue weighted by molar-refractivity contribution is -0.120. The van der Waals surface area contributed by atoms with Crippen LogP contribution >= 0.6 is 0 Å². The Hall–Kier alpha value is -4.41. The standard InChI is InChI=1S/C34H33FN4O5/c35-28-16-24(34(41)23-4-5-23)6-7-25(28)20-43-33-3-1-2-29(37-33)22-10-13-38(14-11-22)19-32-36-30-9-8-26(44-21-40)17-31(30)39(32)18-27-12-15-42-27/h1-3,6-10,16-17,21,23,27H,4-5,11-15,18-20H2/t27-/m0/s1. The second-order valence-electron chi connectivity index (χ2n) is 11.6. The molecule has 0 spiro atoms. The summed E-state index contributed by atoms with van der Waals surface area (Å²) in [7, 11) is 0. The van der Waals surface area contributed by atoms with Crippen LogP contribution in [-0.4, -0.2) is 57.5 Å². The van der Waals surface area contributed by atoms with Crippen LogP contribution in [-0.2, 0) is 29.2 Å². The van der Waals surface area contributed by atoms with Gasteiger partial charge in [0.15, 0.2) is 5.78 Å². The number of halogens is 1. The number of pyridine rings is 1. The van der Waals surface area contributed by atoms with Crippen LogP contribution < -0.4 is 9.47 Å². The molecular formula is C34H33FN4O5. The summed E-state index contributed by atoms with van der Waals surface area (Å²) in [6, 6.07) is 15.7. The predicted octanol–water partition coefficient (Wildman–Crippen LogP) is 5.36. The number of fused-ring (bicyclic) bond motifs is 1. The molecule has 2 aliphatic heterocycles. The van der Waals surface area contributed by atoms with Gasteiger partial charge in [0.2, 0.25) is 5.88 Å². The molecule has 0 amide bonds. The van der Waals surface area contributed by atoms with E-state index in [0.29, 0.717) is 42.3 Å². The molecule has 2 aromatic carbocycles. The number of hydrogen-bond acceptors (Lipinski definition) is 8. The molecule has 10 heteroatoms. The minimum absolute atomic E-state index is 0.0201. The summed E-state index contributed by atoms with van der Waals surface area (Å²) in [6.45, 7) is 4.18. The Morgan fingerprint density at radius 2 is 1.98 bits per heavy atom. The summed E-state index contributed by atoms with van der Waals surface area (Å²) in [5, 5.41) is 0. The Kier molecular flexibility index (Phi) is 7.93. The van der Waals surface area contributed by atoms with E-state index in [1.807, 2.05) is 24.3 Å². The first-order valence-corrected chi connectivity index (χ1v) is 15.1. The van der Waals surface area contributed by atoms with Crippen molar-refractivity contribution in [2.75, 3.05) is 19.7 Å². The third-order valence-electron chi connectivity index (χ3n) is 8.53. The molecule has 0 N–H and O–H groups in total. The smallest absolute Gasteiger partial charge is 0.298 e. The topological polar surface area (TPSA) is 95.8 Å². The fourth-order valence-electron chi connectivity index (χ4n) is 5.75. The average molecular weight is 597 g/mol. The highest BCUT2D eigenvalue weighted by molar-refractivity contribution is 5.99. The Bertz CT molecular complexity index is 1740. The van der Waals surface area contributed by atoms with E-state index in [-0.39, 0.29) is 24.4 Å². The maximum Gasteiger partial charge on any atom is 0.298 e. The third kappa shape index (κ3) is 6.13. The zero-order valence-corrected chi connectivity index (χ0v) is 24.3. The molecule has 1 saturated heterocycles. The predicted molar refractivity (Wildman–Crippen MR) is 161 cm³/mol. The fourth-order valence-corrected chi connectivity index (χ4v) is 5.75. The molecule has 0 unspecified atom stereocenters. The summed E-state index contributed by atoms with van der Waals surface area (Å²) in [5.41, 5.74) is 4.56. The van der Waals surface area contributed by atoms with Gasteiger partial charge in [-0.1, -0.05) is 24.3 Å². The van der Waals surface area contributed by atoms with Gasteiger partial charge in [-0.3, -0.25) is 14.5 Å². The first-order valence-electron chi connectivity index (χ1n) is 15.1. The monoisotopic (exact) mass is 596 g/mol. The number of hydrogen-bond donors (Lipinski definition) is 0. The summed E-state index contributed by atoms with van der Waals surface area (Å²) in [5.74, 6) is 1.49. The number of ketones is 1. The molecule has 1 aliphatic carbocycles. The maximum absolute atomic E-state index is 14.7. The van der Waals surface area contributed by atoms with Gasteiger partial charge in [-0.15, -0.1) is 0 Å². The van der Waals surface area contributed by atoms with Crippen molar-refractivity contribution in [1.29, 1.82) is 0 Å². The van der Waals surface area contributed by atoms with Gasteiger partial charge in [0.05, 0.1) is 35.9 Å². The lowest BCUT2D eigenvalue weighted by Crippen LogP contribution is -2.33. The summed E-state index contributed by atoms with van der Waals surface area (Å²) in [6.07, 6.45) is 5.94. The molecule has 226 valence electrons. The maximum atomic E-state index is 14.7. The first-order chi connectivity index (χ1) is 21.5. The summed E-state index contributed by atoms with van der Waals surface area (Å²) in [4.78, 5) is 35.1. The van der Waals surface area contributed by atoms with Gasteiger partial charge in [0.1, 0.15) is 24.0 Å². The van der Waals surface area contributed by atoms with E-state index in [1.165, 1.54) is 6.07 Å². The SMILES string of the molecule is O=COc1ccc2nc(CN3CC=C(c4cccc(OCc5ccc(C(=O)C6CC6)cc5F)n4)CC3)n(C[C@@H]3CCO3)c2c1. The van der Waals surface area contributed by atoms with Gasteiger partial charge in [-0.05, 0) is 55.5 Å². The Morgan fingerprint density at radius 3 is 2.70 bits per heavy atom. The second kappa shape index (κ2) is 12.3. The van der Waals surface area contributed by atoms with Crippen LogP contribution in [0.2, 0.25) is 0 Å².